The number of hydrogen-bond donors (Lipinski definition) is 0. The summed E-state index contributed by atoms with van der Waals surface area (Å²) >= 11 is 13.2. The molecule has 0 amide bonds. The van der Waals surface area contributed by atoms with E-state index in [-0.39, 0.29) is 39.8 Å². The Morgan fingerprint density at radius 1 is 0.941 bits per heavy atom. The predicted molar refractivity (Wildman–Crippen MR) is 129 cm³/mol. The van der Waals surface area contributed by atoms with Gasteiger partial charge in [0.05, 0.1) is 10.0 Å². The van der Waals surface area contributed by atoms with Crippen molar-refractivity contribution in [2.45, 2.75) is 51.0 Å². The molecule has 0 saturated heterocycles. The Morgan fingerprint density at radius 3 is 2.06 bits per heavy atom. The van der Waals surface area contributed by atoms with E-state index in [0.29, 0.717) is 35.1 Å². The van der Waals surface area contributed by atoms with Crippen LogP contribution in [0, 0.1) is 5.82 Å². The Balaban J connectivity index is 1.56. The van der Waals surface area contributed by atoms with Crippen molar-refractivity contribution in [3.05, 3.63) is 85.9 Å². The van der Waals surface area contributed by atoms with E-state index in [4.69, 9.17) is 27.9 Å². The lowest BCUT2D eigenvalue weighted by atomic mass is 9.71. The van der Waals surface area contributed by atoms with E-state index in [0.717, 1.165) is 37.1 Å². The average molecular weight is 500 g/mol. The van der Waals surface area contributed by atoms with Gasteiger partial charge >= 0.3 is 0 Å². The SMILES string of the molecule is CN1C2=C(C(=O)CCC2)C(c2cc(Cl)c(OCc3ccccc3F)c(Cl)c2)C2=C1CCCC2=O. The summed E-state index contributed by atoms with van der Waals surface area (Å²) in [5.74, 6) is -0.484. The molecule has 5 rings (SSSR count). The summed E-state index contributed by atoms with van der Waals surface area (Å²) in [4.78, 5) is 28.3. The first-order valence-corrected chi connectivity index (χ1v) is 12.2. The van der Waals surface area contributed by atoms with Gasteiger partial charge in [0.1, 0.15) is 12.4 Å². The van der Waals surface area contributed by atoms with Crippen LogP contribution in [-0.2, 0) is 16.2 Å². The van der Waals surface area contributed by atoms with Crippen molar-refractivity contribution in [3.63, 3.8) is 0 Å². The molecule has 0 bridgehead atoms. The fraction of sp³-hybridized carbons (Fsp3) is 0.333. The third-order valence-corrected chi connectivity index (χ3v) is 7.49. The van der Waals surface area contributed by atoms with Gasteiger partial charge in [-0.2, -0.15) is 0 Å². The fourth-order valence-electron chi connectivity index (χ4n) is 5.34. The summed E-state index contributed by atoms with van der Waals surface area (Å²) in [5, 5.41) is 0.516. The second kappa shape index (κ2) is 9.20. The summed E-state index contributed by atoms with van der Waals surface area (Å²) < 4.78 is 19.8. The van der Waals surface area contributed by atoms with Gasteiger partial charge in [-0.15, -0.1) is 0 Å². The summed E-state index contributed by atoms with van der Waals surface area (Å²) in [7, 11) is 1.96. The largest absolute Gasteiger partial charge is 0.486 e. The number of rotatable bonds is 4. The second-order valence-electron chi connectivity index (χ2n) is 8.96. The number of halogens is 3. The van der Waals surface area contributed by atoms with Crippen molar-refractivity contribution < 1.29 is 18.7 Å². The molecule has 0 fully saturated rings. The minimum atomic E-state index is -0.489. The molecular weight excluding hydrogens is 476 g/mol. The molecule has 2 aromatic carbocycles. The number of Topliss-reactive ketones (excluding diaryl/α,β-unsaturated/α-hetero) is 2. The standard InChI is InChI=1S/C27H24Cl2FNO3/c1-31-20-8-4-10-22(32)25(20)24(26-21(31)9-5-11-23(26)33)16-12-17(28)27(18(29)13-16)34-14-15-6-2-3-7-19(15)30/h2-3,6-7,12-13,24H,4-5,8-11,14H2,1H3. The zero-order valence-electron chi connectivity index (χ0n) is 18.8. The molecule has 0 saturated carbocycles. The van der Waals surface area contributed by atoms with Crippen LogP contribution in [0.3, 0.4) is 0 Å². The molecule has 7 heteroatoms. The van der Waals surface area contributed by atoms with Gasteiger partial charge in [-0.1, -0.05) is 41.4 Å². The van der Waals surface area contributed by atoms with E-state index in [1.165, 1.54) is 6.07 Å². The molecule has 176 valence electrons. The number of nitrogens with zero attached hydrogens (tertiary/aromatic N) is 1. The maximum atomic E-state index is 14.0. The molecule has 0 aromatic heterocycles. The summed E-state index contributed by atoms with van der Waals surface area (Å²) in [6, 6.07) is 9.78. The van der Waals surface area contributed by atoms with Crippen LogP contribution >= 0.6 is 23.2 Å². The van der Waals surface area contributed by atoms with Crippen LogP contribution in [0.1, 0.15) is 55.6 Å². The lowest BCUT2D eigenvalue weighted by Crippen LogP contribution is -2.37. The smallest absolute Gasteiger partial charge is 0.161 e. The number of carbonyl (C=O) groups excluding carboxylic acids is 2. The molecule has 2 aromatic rings. The van der Waals surface area contributed by atoms with Crippen molar-refractivity contribution in [1.29, 1.82) is 0 Å². The highest BCUT2D eigenvalue weighted by Gasteiger charge is 2.42. The molecule has 2 aliphatic carbocycles. The first kappa shape index (κ1) is 23.1. The topological polar surface area (TPSA) is 46.6 Å². The zero-order valence-corrected chi connectivity index (χ0v) is 20.3. The van der Waals surface area contributed by atoms with Crippen LogP contribution in [0.2, 0.25) is 10.0 Å². The molecule has 0 N–H and O–H groups in total. The van der Waals surface area contributed by atoms with E-state index in [9.17, 15) is 14.0 Å². The molecule has 4 nitrogen and oxygen atoms in total. The molecule has 1 aliphatic heterocycles. The summed E-state index contributed by atoms with van der Waals surface area (Å²) in [6.45, 7) is -0.0265. The second-order valence-corrected chi connectivity index (χ2v) is 9.77. The van der Waals surface area contributed by atoms with Gasteiger partial charge in [0.2, 0.25) is 0 Å². The van der Waals surface area contributed by atoms with E-state index in [1.54, 1.807) is 30.3 Å². The van der Waals surface area contributed by atoms with Gasteiger partial charge in [0, 0.05) is 53.9 Å². The molecule has 0 spiro atoms. The van der Waals surface area contributed by atoms with E-state index in [2.05, 4.69) is 4.90 Å². The van der Waals surface area contributed by atoms with Crippen molar-refractivity contribution in [1.82, 2.24) is 4.90 Å². The monoisotopic (exact) mass is 499 g/mol. The molecule has 0 atom stereocenters. The maximum absolute atomic E-state index is 14.0. The highest BCUT2D eigenvalue weighted by atomic mass is 35.5. The van der Waals surface area contributed by atoms with Crippen LogP contribution in [0.25, 0.3) is 0 Å². The van der Waals surface area contributed by atoms with Gasteiger partial charge < -0.3 is 9.64 Å². The van der Waals surface area contributed by atoms with E-state index < -0.39 is 5.92 Å². The molecule has 3 aliphatic rings. The molecule has 34 heavy (non-hydrogen) atoms. The highest BCUT2D eigenvalue weighted by Crippen LogP contribution is 2.50. The third-order valence-electron chi connectivity index (χ3n) is 6.93. The quantitative estimate of drug-likeness (QED) is 0.466. The van der Waals surface area contributed by atoms with Crippen molar-refractivity contribution in [2.75, 3.05) is 7.05 Å². The molecule has 0 unspecified atom stereocenters. The van der Waals surface area contributed by atoms with Crippen LogP contribution in [-0.4, -0.2) is 23.5 Å². The fourth-order valence-corrected chi connectivity index (χ4v) is 5.95. The lowest BCUT2D eigenvalue weighted by molar-refractivity contribution is -0.117. The number of allylic oxidation sites excluding steroid dienone is 4. The Kier molecular flexibility index (Phi) is 6.26. The number of ether oxygens (including phenoxy) is 1. The summed E-state index contributed by atoms with van der Waals surface area (Å²) in [6.07, 6.45) is 4.12. The van der Waals surface area contributed by atoms with Crippen LogP contribution in [0.4, 0.5) is 4.39 Å². The van der Waals surface area contributed by atoms with Gasteiger partial charge in [-0.3, -0.25) is 9.59 Å². The Hall–Kier alpha value is -2.63. The number of carbonyl (C=O) groups is 2. The van der Waals surface area contributed by atoms with Crippen molar-refractivity contribution in [3.8, 4) is 5.75 Å². The third kappa shape index (κ3) is 3.95. The summed E-state index contributed by atoms with van der Waals surface area (Å²) in [5.41, 5.74) is 4.42. The first-order chi connectivity index (χ1) is 16.4. The van der Waals surface area contributed by atoms with Gasteiger partial charge in [-0.25, -0.2) is 4.39 Å². The zero-order chi connectivity index (χ0) is 24.0. The van der Waals surface area contributed by atoms with Crippen LogP contribution in [0.15, 0.2) is 58.9 Å². The maximum Gasteiger partial charge on any atom is 0.161 e. The lowest BCUT2D eigenvalue weighted by Gasteiger charge is -2.42. The van der Waals surface area contributed by atoms with Crippen molar-refractivity contribution >= 4 is 34.8 Å². The van der Waals surface area contributed by atoms with Crippen LogP contribution < -0.4 is 4.74 Å². The molecule has 1 heterocycles. The number of ketones is 2. The normalized spacial score (nSPS) is 18.9. The van der Waals surface area contributed by atoms with Gasteiger partial charge in [0.15, 0.2) is 17.3 Å². The van der Waals surface area contributed by atoms with Crippen LogP contribution in [0.5, 0.6) is 5.75 Å². The highest BCUT2D eigenvalue weighted by molar-refractivity contribution is 6.37. The molecule has 0 radical (unpaired) electrons. The van der Waals surface area contributed by atoms with Gasteiger partial charge in [-0.05, 0) is 49.4 Å². The first-order valence-electron chi connectivity index (χ1n) is 11.5. The number of benzene rings is 2. The predicted octanol–water partition coefficient (Wildman–Crippen LogP) is 6.75. The molecular formula is C27H24Cl2FNO3. The minimum Gasteiger partial charge on any atom is -0.486 e. The average Bonchev–Trinajstić information content (AvgIpc) is 2.81. The Labute approximate surface area is 208 Å². The van der Waals surface area contributed by atoms with Gasteiger partial charge in [0.25, 0.3) is 0 Å². The van der Waals surface area contributed by atoms with Crippen molar-refractivity contribution in [2.24, 2.45) is 0 Å². The van der Waals surface area contributed by atoms with E-state index in [1.807, 2.05) is 7.05 Å². The van der Waals surface area contributed by atoms with E-state index >= 15 is 0 Å². The Bertz CT molecular complexity index is 1200. The number of hydrogen-bond acceptors (Lipinski definition) is 4. The minimum absolute atomic E-state index is 0.0265. The Morgan fingerprint density at radius 2 is 1.50 bits per heavy atom.